The molecule has 0 saturated carbocycles. The van der Waals surface area contributed by atoms with Crippen LogP contribution in [-0.4, -0.2) is 109 Å². The highest BCUT2D eigenvalue weighted by molar-refractivity contribution is 5.86. The highest BCUT2D eigenvalue weighted by atomic mass is 16.6. The SMILES string of the molecule is CCCCN(CCNC(=O)C(CCCN=C(N)N)NC(C)=O)C(=O)OC1=CCC2(O)C3Cc4ccc(OC)c5c4C2(CCN3C)C1O5. The van der Waals surface area contributed by atoms with Crippen LogP contribution < -0.4 is 31.6 Å². The third kappa shape index (κ3) is 6.32. The number of piperidine rings is 1. The molecule has 4 aliphatic rings. The van der Waals surface area contributed by atoms with Crippen molar-refractivity contribution in [2.75, 3.05) is 46.9 Å². The van der Waals surface area contributed by atoms with Gasteiger partial charge in [-0.2, -0.15) is 0 Å². The average molecular weight is 656 g/mol. The van der Waals surface area contributed by atoms with Gasteiger partial charge in [0.15, 0.2) is 23.6 Å². The van der Waals surface area contributed by atoms with E-state index in [9.17, 15) is 19.5 Å². The molecule has 5 atom stereocenters. The minimum Gasteiger partial charge on any atom is -0.493 e. The zero-order valence-electron chi connectivity index (χ0n) is 27.8. The largest absolute Gasteiger partial charge is 0.493 e. The summed E-state index contributed by atoms with van der Waals surface area (Å²) in [5.74, 6) is 0.850. The molecule has 5 rings (SSSR count). The molecule has 7 N–H and O–H groups in total. The predicted octanol–water partition coefficient (Wildman–Crippen LogP) is 0.886. The Balaban J connectivity index is 1.30. The fourth-order valence-corrected chi connectivity index (χ4v) is 7.85. The summed E-state index contributed by atoms with van der Waals surface area (Å²) in [4.78, 5) is 46.2. The molecule has 1 aromatic rings. The number of hydrogen-bond acceptors (Lipinski definition) is 9. The molecule has 1 saturated heterocycles. The second-order valence-corrected chi connectivity index (χ2v) is 13.0. The number of aliphatic imine (C=N–C) groups is 1. The Morgan fingerprint density at radius 2 is 2.04 bits per heavy atom. The monoisotopic (exact) mass is 655 g/mol. The highest BCUT2D eigenvalue weighted by Crippen LogP contribution is 2.65. The second kappa shape index (κ2) is 14.0. The maximum absolute atomic E-state index is 13.8. The van der Waals surface area contributed by atoms with Crippen molar-refractivity contribution in [2.45, 2.75) is 88.0 Å². The second-order valence-electron chi connectivity index (χ2n) is 13.0. The van der Waals surface area contributed by atoms with Gasteiger partial charge in [-0.1, -0.05) is 19.4 Å². The normalized spacial score (nSPS) is 25.8. The van der Waals surface area contributed by atoms with Gasteiger partial charge in [0.1, 0.15) is 11.8 Å². The molecular weight excluding hydrogens is 606 g/mol. The van der Waals surface area contributed by atoms with E-state index in [0.717, 1.165) is 30.5 Å². The van der Waals surface area contributed by atoms with Crippen LogP contribution in [0.2, 0.25) is 0 Å². The van der Waals surface area contributed by atoms with Gasteiger partial charge >= 0.3 is 6.09 Å². The first-order valence-electron chi connectivity index (χ1n) is 16.5. The molecule has 2 aliphatic carbocycles. The van der Waals surface area contributed by atoms with Gasteiger partial charge in [-0.15, -0.1) is 0 Å². The first kappa shape index (κ1) is 34.3. The maximum Gasteiger partial charge on any atom is 0.415 e. The summed E-state index contributed by atoms with van der Waals surface area (Å²) >= 11 is 0. The van der Waals surface area contributed by atoms with Gasteiger partial charge in [-0.25, -0.2) is 4.79 Å². The van der Waals surface area contributed by atoms with Crippen molar-refractivity contribution in [2.24, 2.45) is 16.5 Å². The number of likely N-dealkylation sites (N-methyl/N-ethyl adjacent to an activating group) is 1. The Bertz CT molecular complexity index is 1430. The van der Waals surface area contributed by atoms with Gasteiger partial charge in [-0.3, -0.25) is 14.6 Å². The molecule has 1 fully saturated rings. The van der Waals surface area contributed by atoms with E-state index in [1.54, 1.807) is 18.1 Å². The zero-order chi connectivity index (χ0) is 33.9. The van der Waals surface area contributed by atoms with Crippen molar-refractivity contribution in [3.63, 3.8) is 0 Å². The summed E-state index contributed by atoms with van der Waals surface area (Å²) in [7, 11) is 3.64. The van der Waals surface area contributed by atoms with E-state index in [0.29, 0.717) is 62.5 Å². The van der Waals surface area contributed by atoms with Crippen LogP contribution >= 0.6 is 0 Å². The van der Waals surface area contributed by atoms with Gasteiger partial charge in [0.2, 0.25) is 11.8 Å². The number of rotatable bonds is 14. The number of unbranched alkanes of at least 4 members (excludes halogenated alkanes) is 1. The lowest BCUT2D eigenvalue weighted by Gasteiger charge is -2.61. The number of aliphatic hydroxyl groups is 1. The van der Waals surface area contributed by atoms with Crippen LogP contribution in [0, 0.1) is 0 Å². The van der Waals surface area contributed by atoms with Crippen LogP contribution in [0.3, 0.4) is 0 Å². The van der Waals surface area contributed by atoms with Gasteiger partial charge in [0.25, 0.3) is 0 Å². The topological polar surface area (TPSA) is 194 Å². The van der Waals surface area contributed by atoms with Crippen LogP contribution in [0.25, 0.3) is 0 Å². The van der Waals surface area contributed by atoms with Gasteiger partial charge in [0, 0.05) is 51.1 Å². The molecule has 1 spiro atoms. The van der Waals surface area contributed by atoms with Crippen molar-refractivity contribution in [3.05, 3.63) is 35.1 Å². The van der Waals surface area contributed by atoms with E-state index in [-0.39, 0.29) is 36.9 Å². The van der Waals surface area contributed by atoms with Crippen LogP contribution in [0.1, 0.15) is 63.5 Å². The van der Waals surface area contributed by atoms with E-state index in [4.69, 9.17) is 25.7 Å². The smallest absolute Gasteiger partial charge is 0.415 e. The zero-order valence-corrected chi connectivity index (χ0v) is 27.8. The minimum atomic E-state index is -1.11. The third-order valence-electron chi connectivity index (χ3n) is 10.1. The van der Waals surface area contributed by atoms with Crippen molar-refractivity contribution in [1.82, 2.24) is 20.4 Å². The molecule has 0 aromatic heterocycles. The van der Waals surface area contributed by atoms with Crippen LogP contribution in [0.5, 0.6) is 11.5 Å². The summed E-state index contributed by atoms with van der Waals surface area (Å²) in [5, 5.41) is 18.0. The Hall–Kier alpha value is -4.04. The number of nitrogens with one attached hydrogen (secondary N) is 2. The Kier molecular flexibility index (Phi) is 10.2. The number of nitrogens with zero attached hydrogens (tertiary/aromatic N) is 3. The van der Waals surface area contributed by atoms with Crippen LogP contribution in [0.4, 0.5) is 4.79 Å². The van der Waals surface area contributed by atoms with Crippen LogP contribution in [0.15, 0.2) is 29.0 Å². The number of benzene rings is 1. The molecule has 2 bridgehead atoms. The number of carbonyl (C=O) groups excluding carboxylic acids is 3. The van der Waals surface area contributed by atoms with Crippen molar-refractivity contribution >= 4 is 23.9 Å². The molecule has 14 nitrogen and oxygen atoms in total. The maximum atomic E-state index is 13.8. The number of hydrogen-bond donors (Lipinski definition) is 5. The predicted molar refractivity (Wildman–Crippen MR) is 175 cm³/mol. The Morgan fingerprint density at radius 3 is 2.74 bits per heavy atom. The standard InChI is InChI=1S/C33H49N7O7/c1-5-6-16-40(18-15-36-29(42)22(38-20(2)41)8-7-14-37-30(34)35)31(43)46-24-11-12-33(44)25-19-21-9-10-23(45-4)27-26(21)32(33,28(24)47-27)13-17-39(25)3/h9-11,22,25,28,44H,5-8,12-19H2,1-4H3,(H,36,42)(H,38,41)(H4,34,35,37). The Morgan fingerprint density at radius 1 is 1.26 bits per heavy atom. The quantitative estimate of drug-likeness (QED) is 0.109. The molecule has 258 valence electrons. The van der Waals surface area contributed by atoms with Crippen LogP contribution in [-0.2, 0) is 26.2 Å². The Labute approximate surface area is 275 Å². The number of ether oxygens (including phenoxy) is 3. The summed E-state index contributed by atoms with van der Waals surface area (Å²) in [5.41, 5.74) is 10.9. The van der Waals surface area contributed by atoms with E-state index >= 15 is 0 Å². The number of carbonyl (C=O) groups is 3. The molecule has 5 unspecified atom stereocenters. The summed E-state index contributed by atoms with van der Waals surface area (Å²) in [6.07, 6.45) is 4.63. The van der Waals surface area contributed by atoms with E-state index in [2.05, 4.69) is 26.6 Å². The van der Waals surface area contributed by atoms with E-state index < -0.39 is 29.3 Å². The first-order chi connectivity index (χ1) is 22.5. The minimum absolute atomic E-state index is 0.0355. The molecule has 0 radical (unpaired) electrons. The highest BCUT2D eigenvalue weighted by Gasteiger charge is 2.72. The number of nitrogens with two attached hydrogens (primary N) is 2. The fraction of sp³-hybridized carbons (Fsp3) is 0.636. The first-order valence-corrected chi connectivity index (χ1v) is 16.5. The van der Waals surface area contributed by atoms with Gasteiger partial charge < -0.3 is 51.2 Å². The van der Waals surface area contributed by atoms with E-state index in [1.165, 1.54) is 6.92 Å². The van der Waals surface area contributed by atoms with E-state index in [1.807, 2.05) is 20.0 Å². The molecule has 2 heterocycles. The number of likely N-dealkylation sites (tertiary alicyclic amines) is 1. The molecule has 2 aliphatic heterocycles. The van der Waals surface area contributed by atoms with Crippen molar-refractivity contribution < 1.29 is 33.7 Å². The number of guanidine groups is 1. The lowest BCUT2D eigenvalue weighted by atomic mass is 9.50. The van der Waals surface area contributed by atoms with Gasteiger partial charge in [0.05, 0.1) is 18.1 Å². The van der Waals surface area contributed by atoms with Crippen molar-refractivity contribution in [3.8, 4) is 11.5 Å². The number of methoxy groups -OCH3 is 1. The molecule has 14 heteroatoms. The third-order valence-corrected chi connectivity index (χ3v) is 10.1. The summed E-state index contributed by atoms with van der Waals surface area (Å²) < 4.78 is 18.4. The molecular formula is C33H49N7O7. The fourth-order valence-electron chi connectivity index (χ4n) is 7.85. The number of amides is 3. The van der Waals surface area contributed by atoms with Gasteiger partial charge in [-0.05, 0) is 63.4 Å². The summed E-state index contributed by atoms with van der Waals surface area (Å²) in [6, 6.07) is 3.08. The van der Waals surface area contributed by atoms with Crippen molar-refractivity contribution in [1.29, 1.82) is 0 Å². The molecule has 47 heavy (non-hydrogen) atoms. The lowest BCUT2D eigenvalue weighted by Crippen LogP contribution is -2.74. The lowest BCUT2D eigenvalue weighted by molar-refractivity contribution is -0.163. The summed E-state index contributed by atoms with van der Waals surface area (Å²) in [6.45, 7) is 5.26. The molecule has 1 aromatic carbocycles. The average Bonchev–Trinajstić information content (AvgIpc) is 3.39. The molecule has 3 amide bonds.